The molecule has 1 saturated heterocycles. The van der Waals surface area contributed by atoms with E-state index in [1.807, 2.05) is 0 Å². The number of carbonyl (C=O) groups is 8. The Labute approximate surface area is 424 Å². The number of aliphatic carboxylic acids is 1. The molecule has 1 aromatic carbocycles. The van der Waals surface area contributed by atoms with E-state index in [-0.39, 0.29) is 61.6 Å². The normalized spacial score (nSPS) is 14.4. The zero-order valence-electron chi connectivity index (χ0n) is 41.6. The lowest BCUT2D eigenvalue weighted by Crippen LogP contribution is -2.54. The molecule has 412 valence electrons. The average molecular weight is 1040 g/mol. The Balaban J connectivity index is 0.944. The summed E-state index contributed by atoms with van der Waals surface area (Å²) in [5.74, 6) is -6.03. The number of rotatable bonds is 48. The van der Waals surface area contributed by atoms with Crippen LogP contribution in [0, 0.1) is 0 Å². The number of Topliss-reactive ketones (excluding diaryl/α,β-unsaturated/α-hetero) is 1. The molecule has 3 rings (SSSR count). The number of carbonyl (C=O) groups excluding carboxylic acids is 7. The lowest BCUT2D eigenvalue weighted by Gasteiger charge is -2.27. The number of hydrogen-bond acceptors (Lipinski definition) is 21. The first-order chi connectivity index (χ1) is 35.6. The molecule has 73 heavy (non-hydrogen) atoms. The van der Waals surface area contributed by atoms with Crippen molar-refractivity contribution in [2.75, 3.05) is 170 Å². The SMILES string of the molecule is O=C1CCC(N2C(=O)c3cccc(NC(=O)CCCCCOCCOCCOCCOCCOCCOCCOCCOCCOCCOCCOCCOCCOC(=O)CCC(=O)C(=O)O)c3C2=O)C(=O)N1. The van der Waals surface area contributed by atoms with Crippen molar-refractivity contribution in [1.29, 1.82) is 0 Å². The lowest BCUT2D eigenvalue weighted by atomic mass is 10.0. The first kappa shape index (κ1) is 62.4. The van der Waals surface area contributed by atoms with Crippen LogP contribution in [-0.4, -0.2) is 228 Å². The number of imide groups is 2. The second-order valence-corrected chi connectivity index (χ2v) is 15.8. The Morgan fingerprint density at radius 3 is 1.37 bits per heavy atom. The maximum atomic E-state index is 13.2. The van der Waals surface area contributed by atoms with Gasteiger partial charge in [-0.2, -0.15) is 0 Å². The highest BCUT2D eigenvalue weighted by atomic mass is 16.6. The molecule has 0 radical (unpaired) electrons. The predicted octanol–water partition coefficient (Wildman–Crippen LogP) is 0.763. The Morgan fingerprint density at radius 1 is 0.521 bits per heavy atom. The number of amides is 5. The third kappa shape index (κ3) is 28.4. The maximum Gasteiger partial charge on any atom is 0.372 e. The minimum absolute atomic E-state index is 0.00109. The fourth-order valence-corrected chi connectivity index (χ4v) is 6.63. The zero-order chi connectivity index (χ0) is 52.6. The van der Waals surface area contributed by atoms with E-state index in [0.717, 1.165) is 17.7 Å². The first-order valence-electron chi connectivity index (χ1n) is 24.6. The Morgan fingerprint density at radius 2 is 0.945 bits per heavy atom. The van der Waals surface area contributed by atoms with Crippen molar-refractivity contribution in [2.24, 2.45) is 0 Å². The summed E-state index contributed by atoms with van der Waals surface area (Å²) in [6.45, 7) is 9.94. The number of unbranched alkanes of at least 4 members (excludes halogenated alkanes) is 2. The van der Waals surface area contributed by atoms with Gasteiger partial charge in [0.15, 0.2) is 0 Å². The number of nitrogens with one attached hydrogen (secondary N) is 2. The fraction of sp³-hybridized carbons (Fsp3) is 0.708. The highest BCUT2D eigenvalue weighted by Crippen LogP contribution is 2.32. The van der Waals surface area contributed by atoms with Gasteiger partial charge in [-0.05, 0) is 31.4 Å². The topological polar surface area (TPSA) is 304 Å². The summed E-state index contributed by atoms with van der Waals surface area (Å²) in [5, 5.41) is 13.4. The van der Waals surface area contributed by atoms with Gasteiger partial charge < -0.3 is 72.0 Å². The van der Waals surface area contributed by atoms with Crippen LogP contribution in [-0.2, 0) is 90.3 Å². The lowest BCUT2D eigenvalue weighted by molar-refractivity contribution is -0.151. The molecule has 0 aliphatic carbocycles. The number of piperidine rings is 1. The summed E-state index contributed by atoms with van der Waals surface area (Å²) in [4.78, 5) is 96.4. The molecule has 1 aromatic rings. The summed E-state index contributed by atoms with van der Waals surface area (Å²) in [5.41, 5.74) is 0.353. The van der Waals surface area contributed by atoms with Crippen LogP contribution < -0.4 is 10.6 Å². The van der Waals surface area contributed by atoms with E-state index in [4.69, 9.17) is 66.7 Å². The van der Waals surface area contributed by atoms with Gasteiger partial charge in [0, 0.05) is 25.9 Å². The van der Waals surface area contributed by atoms with Crippen LogP contribution in [0.4, 0.5) is 5.69 Å². The number of ether oxygens (including phenoxy) is 13. The van der Waals surface area contributed by atoms with Gasteiger partial charge in [-0.3, -0.25) is 43.8 Å². The van der Waals surface area contributed by atoms with Crippen molar-refractivity contribution in [2.45, 2.75) is 57.4 Å². The van der Waals surface area contributed by atoms with Crippen molar-refractivity contribution in [1.82, 2.24) is 10.2 Å². The van der Waals surface area contributed by atoms with Crippen molar-refractivity contribution < 1.29 is 105 Å². The minimum atomic E-state index is -1.57. The minimum Gasteiger partial charge on any atom is -0.476 e. The Bertz CT molecular complexity index is 1800. The third-order valence-corrected chi connectivity index (χ3v) is 10.3. The fourth-order valence-electron chi connectivity index (χ4n) is 6.63. The van der Waals surface area contributed by atoms with Gasteiger partial charge in [0.25, 0.3) is 11.8 Å². The largest absolute Gasteiger partial charge is 0.476 e. The molecule has 5 amide bonds. The molecule has 2 aliphatic rings. The molecule has 1 fully saturated rings. The van der Waals surface area contributed by atoms with E-state index in [0.29, 0.717) is 158 Å². The molecule has 0 aromatic heterocycles. The highest BCUT2D eigenvalue weighted by molar-refractivity contribution is 6.32. The number of anilines is 1. The third-order valence-electron chi connectivity index (χ3n) is 10.3. The van der Waals surface area contributed by atoms with Gasteiger partial charge in [0.2, 0.25) is 23.5 Å². The summed E-state index contributed by atoms with van der Waals surface area (Å²) in [6.07, 6.45) is 1.69. The van der Waals surface area contributed by atoms with Crippen LogP contribution in [0.5, 0.6) is 0 Å². The van der Waals surface area contributed by atoms with Gasteiger partial charge in [-0.1, -0.05) is 12.5 Å². The maximum absolute atomic E-state index is 13.2. The van der Waals surface area contributed by atoms with E-state index in [9.17, 15) is 38.4 Å². The molecular weight excluding hydrogens is 971 g/mol. The van der Waals surface area contributed by atoms with Crippen molar-refractivity contribution in [3.8, 4) is 0 Å². The van der Waals surface area contributed by atoms with E-state index >= 15 is 0 Å². The number of esters is 1. The molecule has 0 spiro atoms. The standard InChI is InChI=1S/C48H73N3O22/c52-40(48(59)60)9-11-43(55)73-36-35-72-34-33-71-32-31-70-30-29-69-28-27-68-26-25-67-24-23-66-22-21-65-20-19-64-18-17-63-16-15-62-14-13-61-12-3-1-2-7-41(53)49-38-6-4-5-37-44(38)47(58)51(46(37)57)39-8-10-42(54)50-45(39)56/h4-6,39H,1-3,7-36H2,(H,49,53)(H,59,60)(H,50,54,56). The van der Waals surface area contributed by atoms with Gasteiger partial charge in [0.1, 0.15) is 12.6 Å². The zero-order valence-corrected chi connectivity index (χ0v) is 41.6. The van der Waals surface area contributed by atoms with Crippen molar-refractivity contribution in [3.05, 3.63) is 29.3 Å². The number of carboxylic acids is 1. The Kier molecular flexibility index (Phi) is 34.6. The van der Waals surface area contributed by atoms with Crippen molar-refractivity contribution in [3.63, 3.8) is 0 Å². The monoisotopic (exact) mass is 1040 g/mol. The number of ketones is 1. The average Bonchev–Trinajstić information content (AvgIpc) is 3.63. The van der Waals surface area contributed by atoms with Crippen LogP contribution in [0.2, 0.25) is 0 Å². The number of benzene rings is 1. The van der Waals surface area contributed by atoms with E-state index in [1.165, 1.54) is 6.07 Å². The summed E-state index contributed by atoms with van der Waals surface area (Å²) in [6, 6.07) is 3.50. The number of hydrogen-bond donors (Lipinski definition) is 3. The van der Waals surface area contributed by atoms with Crippen LogP contribution >= 0.6 is 0 Å². The molecule has 2 heterocycles. The second-order valence-electron chi connectivity index (χ2n) is 15.8. The van der Waals surface area contributed by atoms with Gasteiger partial charge in [0.05, 0.1) is 175 Å². The molecular formula is C48H73N3O22. The molecule has 1 unspecified atom stereocenters. The van der Waals surface area contributed by atoms with Crippen LogP contribution in [0.25, 0.3) is 0 Å². The highest BCUT2D eigenvalue weighted by Gasteiger charge is 2.45. The first-order valence-corrected chi connectivity index (χ1v) is 24.6. The Hall–Kier alpha value is -4.90. The number of carboxylic acid groups (broad SMARTS) is 1. The molecule has 1 atom stereocenters. The van der Waals surface area contributed by atoms with Gasteiger partial charge in [-0.15, -0.1) is 0 Å². The molecule has 25 nitrogen and oxygen atoms in total. The van der Waals surface area contributed by atoms with Crippen LogP contribution in [0.15, 0.2) is 18.2 Å². The second kappa shape index (κ2) is 40.5. The summed E-state index contributed by atoms with van der Waals surface area (Å²) >= 11 is 0. The quantitative estimate of drug-likeness (QED) is 0.0351. The van der Waals surface area contributed by atoms with Crippen LogP contribution in [0.3, 0.4) is 0 Å². The molecule has 25 heteroatoms. The molecule has 0 saturated carbocycles. The smallest absolute Gasteiger partial charge is 0.372 e. The molecule has 3 N–H and O–H groups in total. The number of fused-ring (bicyclic) bond motifs is 1. The van der Waals surface area contributed by atoms with Gasteiger partial charge in [-0.25, -0.2) is 4.79 Å². The number of nitrogens with zero attached hydrogens (tertiary/aromatic N) is 1. The predicted molar refractivity (Wildman–Crippen MR) is 253 cm³/mol. The van der Waals surface area contributed by atoms with E-state index in [1.54, 1.807) is 12.1 Å². The van der Waals surface area contributed by atoms with Crippen molar-refractivity contribution >= 4 is 52.9 Å². The van der Waals surface area contributed by atoms with E-state index in [2.05, 4.69) is 10.6 Å². The van der Waals surface area contributed by atoms with Gasteiger partial charge >= 0.3 is 11.9 Å². The summed E-state index contributed by atoms with van der Waals surface area (Å²) < 4.78 is 70.4. The molecule has 2 aliphatic heterocycles. The summed E-state index contributed by atoms with van der Waals surface area (Å²) in [7, 11) is 0. The van der Waals surface area contributed by atoms with E-state index < -0.39 is 53.8 Å². The van der Waals surface area contributed by atoms with Crippen LogP contribution in [0.1, 0.15) is 72.1 Å². The molecule has 0 bridgehead atoms.